The van der Waals surface area contributed by atoms with Gasteiger partial charge in [-0.3, -0.25) is 4.79 Å². The number of carbonyl (C=O) groups excluding carboxylic acids is 1. The summed E-state index contributed by atoms with van der Waals surface area (Å²) in [6.07, 6.45) is 8.38. The van der Waals surface area contributed by atoms with Crippen LogP contribution in [0.3, 0.4) is 0 Å². The van der Waals surface area contributed by atoms with Gasteiger partial charge in [-0.25, -0.2) is 0 Å². The van der Waals surface area contributed by atoms with Gasteiger partial charge in [0.1, 0.15) is 6.23 Å². The van der Waals surface area contributed by atoms with Crippen molar-refractivity contribution in [3.05, 3.63) is 35.9 Å². The molecule has 0 saturated carbocycles. The molecule has 2 heterocycles. The maximum Gasteiger partial charge on any atom is 0.256 e. The van der Waals surface area contributed by atoms with Gasteiger partial charge in [-0.1, -0.05) is 62.9 Å². The van der Waals surface area contributed by atoms with E-state index in [9.17, 15) is 4.79 Å². The summed E-state index contributed by atoms with van der Waals surface area (Å²) in [5.74, 6) is 1.06. The predicted molar refractivity (Wildman–Crippen MR) is 117 cm³/mol. The number of nitrogens with zero attached hydrogens (tertiary/aromatic N) is 1. The SMILES string of the molecule is CCCCCC[C@H]1O[C@@H]1C(=O)N1[C@@H](COCc2ccccc2)CO[C@@H]1CCSC. The number of epoxide rings is 1. The van der Waals surface area contributed by atoms with Gasteiger partial charge < -0.3 is 19.1 Å². The van der Waals surface area contributed by atoms with Crippen molar-refractivity contribution in [2.45, 2.75) is 76.5 Å². The van der Waals surface area contributed by atoms with Gasteiger partial charge in [-0.05, 0) is 24.0 Å². The highest BCUT2D eigenvalue weighted by atomic mass is 32.2. The molecule has 0 spiro atoms. The van der Waals surface area contributed by atoms with Gasteiger partial charge in [0.25, 0.3) is 5.91 Å². The molecule has 2 aliphatic heterocycles. The summed E-state index contributed by atoms with van der Waals surface area (Å²) in [5.41, 5.74) is 1.14. The fraction of sp³-hybridized carbons (Fsp3) is 0.696. The largest absolute Gasteiger partial charge is 0.375 e. The third kappa shape index (κ3) is 6.71. The van der Waals surface area contributed by atoms with Gasteiger partial charge >= 0.3 is 0 Å². The molecule has 1 amide bonds. The summed E-state index contributed by atoms with van der Waals surface area (Å²) in [7, 11) is 0. The molecule has 2 saturated heterocycles. The van der Waals surface area contributed by atoms with E-state index in [1.165, 1.54) is 19.3 Å². The van der Waals surface area contributed by atoms with Crippen molar-refractivity contribution in [2.75, 3.05) is 25.2 Å². The summed E-state index contributed by atoms with van der Waals surface area (Å²) in [6, 6.07) is 10.1. The van der Waals surface area contributed by atoms with E-state index in [-0.39, 0.29) is 30.4 Å². The molecule has 1 aromatic rings. The molecule has 0 bridgehead atoms. The van der Waals surface area contributed by atoms with Crippen LogP contribution in [-0.4, -0.2) is 60.5 Å². The van der Waals surface area contributed by atoms with Crippen LogP contribution in [-0.2, 0) is 25.6 Å². The number of benzene rings is 1. The Labute approximate surface area is 179 Å². The Morgan fingerprint density at radius 2 is 2.03 bits per heavy atom. The van der Waals surface area contributed by atoms with E-state index in [0.717, 1.165) is 30.6 Å². The lowest BCUT2D eigenvalue weighted by atomic mass is 10.1. The number of unbranched alkanes of at least 4 members (excludes halogenated alkanes) is 3. The normalized spacial score (nSPS) is 26.1. The Hall–Kier alpha value is -1.08. The lowest BCUT2D eigenvalue weighted by Gasteiger charge is -2.27. The van der Waals surface area contributed by atoms with Crippen molar-refractivity contribution in [1.29, 1.82) is 0 Å². The minimum Gasteiger partial charge on any atom is -0.375 e. The van der Waals surface area contributed by atoms with Gasteiger partial charge in [0.05, 0.1) is 32.0 Å². The topological polar surface area (TPSA) is 51.3 Å². The molecule has 162 valence electrons. The molecule has 2 aliphatic rings. The highest BCUT2D eigenvalue weighted by molar-refractivity contribution is 7.98. The molecule has 0 aromatic heterocycles. The van der Waals surface area contributed by atoms with Crippen LogP contribution in [0.15, 0.2) is 30.3 Å². The second-order valence-electron chi connectivity index (χ2n) is 7.91. The first-order valence-electron chi connectivity index (χ1n) is 10.9. The van der Waals surface area contributed by atoms with Crippen LogP contribution < -0.4 is 0 Å². The highest BCUT2D eigenvalue weighted by Gasteiger charge is 2.50. The van der Waals surface area contributed by atoms with Crippen molar-refractivity contribution in [2.24, 2.45) is 0 Å². The number of hydrogen-bond acceptors (Lipinski definition) is 5. The first-order valence-corrected chi connectivity index (χ1v) is 12.3. The molecule has 0 radical (unpaired) electrons. The Morgan fingerprint density at radius 1 is 1.21 bits per heavy atom. The second-order valence-corrected chi connectivity index (χ2v) is 8.90. The van der Waals surface area contributed by atoms with Gasteiger partial charge in [-0.15, -0.1) is 0 Å². The Balaban J connectivity index is 1.51. The van der Waals surface area contributed by atoms with E-state index in [0.29, 0.717) is 19.8 Å². The fourth-order valence-corrected chi connectivity index (χ4v) is 4.33. The molecule has 6 heteroatoms. The zero-order chi connectivity index (χ0) is 20.5. The molecule has 2 fully saturated rings. The molecule has 0 aliphatic carbocycles. The summed E-state index contributed by atoms with van der Waals surface area (Å²) in [6.45, 7) is 3.79. The Bertz CT molecular complexity index is 614. The van der Waals surface area contributed by atoms with Gasteiger partial charge in [0.15, 0.2) is 6.10 Å². The van der Waals surface area contributed by atoms with Crippen LogP contribution in [0.5, 0.6) is 0 Å². The molecule has 4 atom stereocenters. The minimum absolute atomic E-state index is 0.0389. The molecule has 0 unspecified atom stereocenters. The number of rotatable bonds is 13. The van der Waals surface area contributed by atoms with Crippen LogP contribution in [0.4, 0.5) is 0 Å². The first kappa shape index (κ1) is 22.6. The molecule has 5 nitrogen and oxygen atoms in total. The Kier molecular flexibility index (Phi) is 9.31. The molecule has 3 rings (SSSR count). The van der Waals surface area contributed by atoms with Crippen LogP contribution in [0, 0.1) is 0 Å². The van der Waals surface area contributed by atoms with E-state index in [1.54, 1.807) is 11.8 Å². The average molecular weight is 422 g/mol. The summed E-state index contributed by atoms with van der Waals surface area (Å²) < 4.78 is 17.7. The van der Waals surface area contributed by atoms with Crippen molar-refractivity contribution in [3.8, 4) is 0 Å². The highest BCUT2D eigenvalue weighted by Crippen LogP contribution is 2.33. The smallest absolute Gasteiger partial charge is 0.256 e. The van der Waals surface area contributed by atoms with Crippen molar-refractivity contribution in [1.82, 2.24) is 4.90 Å². The molecular weight excluding hydrogens is 386 g/mol. The molecular formula is C23H35NO4S. The summed E-state index contributed by atoms with van der Waals surface area (Å²) in [4.78, 5) is 15.1. The van der Waals surface area contributed by atoms with E-state index >= 15 is 0 Å². The minimum atomic E-state index is -0.285. The number of thioether (sulfide) groups is 1. The van der Waals surface area contributed by atoms with Crippen molar-refractivity contribution >= 4 is 17.7 Å². The van der Waals surface area contributed by atoms with E-state index in [2.05, 4.69) is 25.3 Å². The van der Waals surface area contributed by atoms with Gasteiger partial charge in [0.2, 0.25) is 0 Å². The van der Waals surface area contributed by atoms with Gasteiger partial charge in [0, 0.05) is 6.42 Å². The summed E-state index contributed by atoms with van der Waals surface area (Å²) in [5, 5.41) is 0. The molecule has 29 heavy (non-hydrogen) atoms. The third-order valence-corrected chi connectivity index (χ3v) is 6.24. The lowest BCUT2D eigenvalue weighted by molar-refractivity contribution is -0.140. The van der Waals surface area contributed by atoms with Crippen LogP contribution in [0.25, 0.3) is 0 Å². The standard InChI is InChI=1S/C23H35NO4S/c1-3-4-5-9-12-20-22(28-20)23(25)24-19(17-27-21(24)13-14-29-2)16-26-15-18-10-7-6-8-11-18/h6-8,10-11,19-22H,3-5,9,12-17H2,1-2H3/t19-,20+,21+,22-/m0/s1. The van der Waals surface area contributed by atoms with E-state index in [1.807, 2.05) is 23.1 Å². The monoisotopic (exact) mass is 421 g/mol. The first-order chi connectivity index (χ1) is 14.2. The van der Waals surface area contributed by atoms with Crippen molar-refractivity contribution in [3.63, 3.8) is 0 Å². The zero-order valence-corrected chi connectivity index (χ0v) is 18.6. The van der Waals surface area contributed by atoms with E-state index in [4.69, 9.17) is 14.2 Å². The van der Waals surface area contributed by atoms with Crippen LogP contribution in [0.2, 0.25) is 0 Å². The van der Waals surface area contributed by atoms with Crippen LogP contribution >= 0.6 is 11.8 Å². The number of hydrogen-bond donors (Lipinski definition) is 0. The van der Waals surface area contributed by atoms with Crippen LogP contribution in [0.1, 0.15) is 51.0 Å². The quantitative estimate of drug-likeness (QED) is 0.352. The second kappa shape index (κ2) is 11.9. The average Bonchev–Trinajstić information content (AvgIpc) is 3.41. The maximum absolute atomic E-state index is 13.2. The summed E-state index contributed by atoms with van der Waals surface area (Å²) >= 11 is 1.78. The fourth-order valence-electron chi connectivity index (χ4n) is 3.90. The van der Waals surface area contributed by atoms with Crippen molar-refractivity contribution < 1.29 is 19.0 Å². The number of ether oxygens (including phenoxy) is 3. The Morgan fingerprint density at radius 3 is 2.79 bits per heavy atom. The van der Waals surface area contributed by atoms with E-state index < -0.39 is 0 Å². The lowest BCUT2D eigenvalue weighted by Crippen LogP contribution is -2.46. The van der Waals surface area contributed by atoms with Gasteiger partial charge in [-0.2, -0.15) is 11.8 Å². The molecule has 1 aromatic carbocycles. The number of amides is 1. The predicted octanol–water partition coefficient (Wildman–Crippen LogP) is 4.25. The number of carbonyl (C=O) groups is 1. The third-order valence-electron chi connectivity index (χ3n) is 5.60. The molecule has 0 N–H and O–H groups in total. The maximum atomic E-state index is 13.2. The zero-order valence-electron chi connectivity index (χ0n) is 17.8.